The number of esters is 2. The minimum Gasteiger partial charge on any atom is -0.502 e. The van der Waals surface area contributed by atoms with Crippen LogP contribution in [0.5, 0.6) is 5.75 Å². The Morgan fingerprint density at radius 3 is 2.50 bits per heavy atom. The Hall–Kier alpha value is -4.13. The number of aliphatic hydroxyl groups is 1. The molecule has 13 heteroatoms. The lowest BCUT2D eigenvalue weighted by Gasteiger charge is -2.58. The van der Waals surface area contributed by atoms with E-state index in [1.807, 2.05) is 13.0 Å². The van der Waals surface area contributed by atoms with Gasteiger partial charge in [0.05, 0.1) is 18.5 Å². The number of phenolic OH excluding ortho intramolecular Hbond substituents is 1. The SMILES string of the molecule is COC(=O)[C@@H](Cc1ccc(O)c([N+](=O)[O-])c1)NC(=O)CCC(=O)OCC(=O)[C@]1(O)CC[C@@H]2[C@H]3CCC4=CC(=O)CC[C@]4(C)[C@@H]3CC[C@@]21C. The van der Waals surface area contributed by atoms with Crippen LogP contribution in [-0.4, -0.2) is 69.9 Å². The number of carbonyl (C=O) groups excluding carboxylic acids is 5. The fourth-order valence-corrected chi connectivity index (χ4v) is 9.27. The zero-order valence-electron chi connectivity index (χ0n) is 27.6. The zero-order chi connectivity index (χ0) is 35.0. The van der Waals surface area contributed by atoms with Crippen molar-refractivity contribution in [3.8, 4) is 5.75 Å². The van der Waals surface area contributed by atoms with Crippen LogP contribution in [0, 0.1) is 38.7 Å². The average Bonchev–Trinajstić information content (AvgIpc) is 3.34. The van der Waals surface area contributed by atoms with Crippen molar-refractivity contribution >= 4 is 35.1 Å². The Kier molecular flexibility index (Phi) is 9.83. The second-order valence-corrected chi connectivity index (χ2v) is 14.3. The van der Waals surface area contributed by atoms with Crippen molar-refractivity contribution < 1.29 is 48.6 Å². The molecule has 4 aliphatic carbocycles. The molecule has 0 saturated heterocycles. The predicted octanol–water partition coefficient (Wildman–Crippen LogP) is 3.66. The van der Waals surface area contributed by atoms with Gasteiger partial charge in [-0.3, -0.25) is 29.3 Å². The van der Waals surface area contributed by atoms with E-state index in [1.54, 1.807) is 0 Å². The molecule has 0 spiro atoms. The van der Waals surface area contributed by atoms with Gasteiger partial charge in [-0.25, -0.2) is 4.79 Å². The topological polar surface area (TPSA) is 199 Å². The van der Waals surface area contributed by atoms with Gasteiger partial charge in [0.25, 0.3) is 0 Å². The van der Waals surface area contributed by atoms with E-state index in [9.17, 15) is 44.3 Å². The molecule has 0 aromatic heterocycles. The summed E-state index contributed by atoms with van der Waals surface area (Å²) in [5, 5.41) is 35.1. The fraction of sp³-hybridized carbons (Fsp3) is 0.629. The molecule has 260 valence electrons. The number of allylic oxidation sites excluding steroid dienone is 1. The molecule has 0 aliphatic heterocycles. The summed E-state index contributed by atoms with van der Waals surface area (Å²) in [6.07, 6.45) is 6.57. The monoisotopic (exact) mass is 668 g/mol. The highest BCUT2D eigenvalue weighted by Crippen LogP contribution is 2.67. The van der Waals surface area contributed by atoms with Crippen molar-refractivity contribution in [2.24, 2.45) is 28.6 Å². The number of nitrogens with one attached hydrogen (secondary N) is 1. The summed E-state index contributed by atoms with van der Waals surface area (Å²) in [6, 6.07) is 2.34. The van der Waals surface area contributed by atoms with E-state index in [0.29, 0.717) is 31.1 Å². The van der Waals surface area contributed by atoms with Crippen LogP contribution in [0.25, 0.3) is 0 Å². The maximum atomic E-state index is 13.5. The molecule has 7 atom stereocenters. The lowest BCUT2D eigenvalue weighted by molar-refractivity contribution is -0.385. The Balaban J connectivity index is 1.14. The molecule has 1 aromatic rings. The van der Waals surface area contributed by atoms with E-state index in [0.717, 1.165) is 44.9 Å². The number of nitrogens with zero attached hydrogens (tertiary/aromatic N) is 1. The number of methoxy groups -OCH3 is 1. The van der Waals surface area contributed by atoms with E-state index >= 15 is 0 Å². The maximum absolute atomic E-state index is 13.5. The highest BCUT2D eigenvalue weighted by Gasteiger charge is 2.66. The van der Waals surface area contributed by atoms with Crippen molar-refractivity contribution in [3.63, 3.8) is 0 Å². The van der Waals surface area contributed by atoms with E-state index in [1.165, 1.54) is 11.6 Å². The number of fused-ring (bicyclic) bond motifs is 5. The highest BCUT2D eigenvalue weighted by atomic mass is 16.6. The van der Waals surface area contributed by atoms with Crippen LogP contribution < -0.4 is 5.32 Å². The lowest BCUT2D eigenvalue weighted by Crippen LogP contribution is -2.58. The van der Waals surface area contributed by atoms with Crippen LogP contribution in [0.4, 0.5) is 5.69 Å². The molecule has 3 fully saturated rings. The summed E-state index contributed by atoms with van der Waals surface area (Å²) in [5.41, 5.74) is -1.37. The van der Waals surface area contributed by atoms with Gasteiger partial charge in [-0.15, -0.1) is 0 Å². The van der Waals surface area contributed by atoms with Crippen LogP contribution >= 0.6 is 0 Å². The number of hydrogen-bond donors (Lipinski definition) is 3. The van der Waals surface area contributed by atoms with Gasteiger partial charge in [0.15, 0.2) is 18.1 Å². The molecule has 48 heavy (non-hydrogen) atoms. The number of nitro benzene ring substituents is 1. The largest absolute Gasteiger partial charge is 0.502 e. The van der Waals surface area contributed by atoms with Crippen molar-refractivity contribution in [2.45, 2.75) is 96.1 Å². The lowest BCUT2D eigenvalue weighted by atomic mass is 9.46. The molecule has 0 unspecified atom stereocenters. The van der Waals surface area contributed by atoms with E-state index in [-0.39, 0.29) is 41.9 Å². The molecular formula is C35H44N2O11. The summed E-state index contributed by atoms with van der Waals surface area (Å²) in [7, 11) is 1.12. The number of phenols is 1. The summed E-state index contributed by atoms with van der Waals surface area (Å²) < 4.78 is 9.97. The number of ketones is 2. The second kappa shape index (κ2) is 13.4. The minimum absolute atomic E-state index is 0.0339. The Morgan fingerprint density at radius 1 is 1.06 bits per heavy atom. The van der Waals surface area contributed by atoms with E-state index < -0.39 is 70.1 Å². The van der Waals surface area contributed by atoms with Gasteiger partial charge in [-0.05, 0) is 85.8 Å². The maximum Gasteiger partial charge on any atom is 0.328 e. The number of carbonyl (C=O) groups is 5. The molecular weight excluding hydrogens is 624 g/mol. The van der Waals surface area contributed by atoms with E-state index in [4.69, 9.17) is 9.47 Å². The van der Waals surface area contributed by atoms with Crippen molar-refractivity contribution in [1.29, 1.82) is 0 Å². The summed E-state index contributed by atoms with van der Waals surface area (Å²) in [6.45, 7) is 3.64. The van der Waals surface area contributed by atoms with Crippen molar-refractivity contribution in [2.75, 3.05) is 13.7 Å². The van der Waals surface area contributed by atoms with Crippen molar-refractivity contribution in [3.05, 3.63) is 45.5 Å². The molecule has 1 amide bonds. The molecule has 1 aromatic carbocycles. The highest BCUT2D eigenvalue weighted by molar-refractivity contribution is 5.92. The number of amides is 1. The molecule has 13 nitrogen and oxygen atoms in total. The van der Waals surface area contributed by atoms with Crippen LogP contribution in [0.3, 0.4) is 0 Å². The predicted molar refractivity (Wildman–Crippen MR) is 169 cm³/mol. The molecule has 3 saturated carbocycles. The van der Waals surface area contributed by atoms with Gasteiger partial charge in [-0.2, -0.15) is 0 Å². The van der Waals surface area contributed by atoms with Crippen LogP contribution in [0.1, 0.15) is 83.6 Å². The van der Waals surface area contributed by atoms with Gasteiger partial charge in [-0.1, -0.05) is 25.5 Å². The summed E-state index contributed by atoms with van der Waals surface area (Å²) in [4.78, 5) is 73.5. The molecule has 3 N–H and O–H groups in total. The number of Topliss-reactive ketones (excluding diaryl/α,β-unsaturated/α-hetero) is 1. The second-order valence-electron chi connectivity index (χ2n) is 14.3. The Bertz CT molecular complexity index is 1550. The number of aromatic hydroxyl groups is 1. The zero-order valence-corrected chi connectivity index (χ0v) is 27.6. The first kappa shape index (κ1) is 35.2. The third-order valence-corrected chi connectivity index (χ3v) is 12.0. The van der Waals surface area contributed by atoms with Gasteiger partial charge in [0.1, 0.15) is 11.6 Å². The molecule has 5 rings (SSSR count). The van der Waals surface area contributed by atoms with Gasteiger partial charge < -0.3 is 25.0 Å². The Morgan fingerprint density at radius 2 is 1.79 bits per heavy atom. The summed E-state index contributed by atoms with van der Waals surface area (Å²) in [5.74, 6) is -2.36. The number of hydrogen-bond acceptors (Lipinski definition) is 11. The molecule has 0 bridgehead atoms. The first-order chi connectivity index (χ1) is 22.6. The first-order valence-electron chi connectivity index (χ1n) is 16.6. The third kappa shape index (κ3) is 6.36. The third-order valence-electron chi connectivity index (χ3n) is 12.0. The molecule has 0 radical (unpaired) electrons. The van der Waals surface area contributed by atoms with Gasteiger partial charge in [0, 0.05) is 30.7 Å². The number of benzene rings is 1. The number of nitro groups is 1. The normalized spacial score (nSPS) is 31.3. The van der Waals surface area contributed by atoms with Crippen LogP contribution in [0.2, 0.25) is 0 Å². The van der Waals surface area contributed by atoms with Crippen LogP contribution in [0.15, 0.2) is 29.8 Å². The van der Waals surface area contributed by atoms with Crippen LogP contribution in [-0.2, 0) is 39.9 Å². The van der Waals surface area contributed by atoms with Gasteiger partial charge in [0.2, 0.25) is 11.7 Å². The average molecular weight is 669 g/mol. The quantitative estimate of drug-likeness (QED) is 0.177. The first-order valence-corrected chi connectivity index (χ1v) is 16.6. The van der Waals surface area contributed by atoms with E-state index in [2.05, 4.69) is 12.2 Å². The minimum atomic E-state index is -1.64. The fourth-order valence-electron chi connectivity index (χ4n) is 9.27. The standard InChI is InChI=1S/C35H44N2O11/c1-33-13-10-22(38)18-21(33)5-6-23-24(33)11-14-34(2)25(23)12-15-35(34,44)29(40)19-48-31(42)9-8-30(41)36-26(32(43)47-3)16-20-4-7-28(39)27(17-20)37(45)46/h4,7,17-18,23-26,39,44H,5-6,8-16,19H2,1-3H3,(H,36,41)/t23-,24+,25+,26+,33-,34-,35+/m0/s1. The van der Waals surface area contributed by atoms with Gasteiger partial charge >= 0.3 is 17.6 Å². The number of ether oxygens (including phenoxy) is 2. The molecule has 0 heterocycles. The smallest absolute Gasteiger partial charge is 0.328 e. The number of rotatable bonds is 11. The van der Waals surface area contributed by atoms with Crippen molar-refractivity contribution in [1.82, 2.24) is 5.32 Å². The molecule has 4 aliphatic rings. The summed E-state index contributed by atoms with van der Waals surface area (Å²) >= 11 is 0. The Labute approximate surface area is 278 Å².